The second-order valence-corrected chi connectivity index (χ2v) is 6.57. The van der Waals surface area contributed by atoms with Gasteiger partial charge in [0.05, 0.1) is 0 Å². The van der Waals surface area contributed by atoms with E-state index in [1.807, 2.05) is 0 Å². The molecule has 0 N–H and O–H groups in total. The summed E-state index contributed by atoms with van der Waals surface area (Å²) in [5, 5.41) is 0. The standard InChI is InChI=1S/C14H26/c1-8(2)6-10(5)14-12-7-11(12)13(14)9(3)4/h8-14H,6-7H2,1-5H3. The lowest BCUT2D eigenvalue weighted by atomic mass is 9.62. The first-order valence-corrected chi connectivity index (χ1v) is 6.52. The second kappa shape index (κ2) is 3.54. The average Bonchev–Trinajstić information content (AvgIpc) is 2.59. The predicted molar refractivity (Wildman–Crippen MR) is 62.0 cm³/mol. The van der Waals surface area contributed by atoms with Gasteiger partial charge >= 0.3 is 0 Å². The van der Waals surface area contributed by atoms with Crippen molar-refractivity contribution in [2.24, 2.45) is 41.4 Å². The number of rotatable bonds is 4. The van der Waals surface area contributed by atoms with Gasteiger partial charge in [0, 0.05) is 0 Å². The Morgan fingerprint density at radius 3 is 2.00 bits per heavy atom. The number of fused-ring (bicyclic) bond motifs is 1. The Morgan fingerprint density at radius 2 is 1.50 bits per heavy atom. The van der Waals surface area contributed by atoms with Crippen molar-refractivity contribution in [3.63, 3.8) is 0 Å². The van der Waals surface area contributed by atoms with Crippen LogP contribution in [0.3, 0.4) is 0 Å². The average molecular weight is 194 g/mol. The largest absolute Gasteiger partial charge is 0.0628 e. The van der Waals surface area contributed by atoms with Crippen molar-refractivity contribution in [2.75, 3.05) is 0 Å². The molecule has 2 aliphatic carbocycles. The Bertz CT molecular complexity index is 202. The lowest BCUT2D eigenvalue weighted by molar-refractivity contribution is 0.0466. The van der Waals surface area contributed by atoms with Crippen LogP contribution in [0.4, 0.5) is 0 Å². The molecule has 5 atom stereocenters. The van der Waals surface area contributed by atoms with Gasteiger partial charge < -0.3 is 0 Å². The quantitative estimate of drug-likeness (QED) is 0.629. The first-order chi connectivity index (χ1) is 6.52. The summed E-state index contributed by atoms with van der Waals surface area (Å²) in [6.07, 6.45) is 3.01. The molecule has 5 unspecified atom stereocenters. The molecule has 2 fully saturated rings. The molecule has 0 nitrogen and oxygen atoms in total. The first-order valence-electron chi connectivity index (χ1n) is 6.52. The van der Waals surface area contributed by atoms with Crippen LogP contribution in [-0.4, -0.2) is 0 Å². The number of hydrogen-bond acceptors (Lipinski definition) is 0. The lowest BCUT2D eigenvalue weighted by Gasteiger charge is -2.43. The fourth-order valence-corrected chi connectivity index (χ4v) is 4.19. The Balaban J connectivity index is 1.91. The van der Waals surface area contributed by atoms with Crippen LogP contribution in [0, 0.1) is 41.4 Å². The molecule has 0 heterocycles. The Hall–Kier alpha value is 0. The molecule has 0 spiro atoms. The summed E-state index contributed by atoms with van der Waals surface area (Å²) in [5.41, 5.74) is 0. The molecule has 0 aromatic heterocycles. The van der Waals surface area contributed by atoms with E-state index in [0.717, 1.165) is 41.4 Å². The molecular formula is C14H26. The van der Waals surface area contributed by atoms with Crippen LogP contribution in [0.1, 0.15) is 47.5 Å². The molecule has 0 heteroatoms. The third-order valence-electron chi connectivity index (χ3n) is 4.59. The highest BCUT2D eigenvalue weighted by Gasteiger charge is 2.62. The SMILES string of the molecule is CC(C)CC(C)C1C2CC2C1C(C)C. The number of hydrogen-bond donors (Lipinski definition) is 0. The summed E-state index contributed by atoms with van der Waals surface area (Å²) < 4.78 is 0. The zero-order valence-corrected chi connectivity index (χ0v) is 10.5. The van der Waals surface area contributed by atoms with Gasteiger partial charge in [-0.05, 0) is 54.3 Å². The van der Waals surface area contributed by atoms with Crippen molar-refractivity contribution in [2.45, 2.75) is 47.5 Å². The second-order valence-electron chi connectivity index (χ2n) is 6.57. The first kappa shape index (κ1) is 10.5. The van der Waals surface area contributed by atoms with Crippen molar-refractivity contribution in [1.82, 2.24) is 0 Å². The molecule has 0 aliphatic heterocycles. The topological polar surface area (TPSA) is 0 Å². The lowest BCUT2D eigenvalue weighted by Crippen LogP contribution is -2.38. The Kier molecular flexibility index (Phi) is 2.66. The molecule has 14 heavy (non-hydrogen) atoms. The summed E-state index contributed by atoms with van der Waals surface area (Å²) in [7, 11) is 0. The molecule has 2 saturated carbocycles. The highest BCUT2D eigenvalue weighted by Crippen LogP contribution is 2.68. The van der Waals surface area contributed by atoms with Crippen LogP contribution in [0.5, 0.6) is 0 Å². The van der Waals surface area contributed by atoms with Gasteiger partial charge in [0.1, 0.15) is 0 Å². The summed E-state index contributed by atoms with van der Waals surface area (Å²) in [4.78, 5) is 0. The van der Waals surface area contributed by atoms with Gasteiger partial charge in [-0.15, -0.1) is 0 Å². The summed E-state index contributed by atoms with van der Waals surface area (Å²) in [6, 6.07) is 0. The Labute approximate surface area is 89.5 Å². The highest BCUT2D eigenvalue weighted by molar-refractivity contribution is 5.10. The molecule has 0 radical (unpaired) electrons. The van der Waals surface area contributed by atoms with Gasteiger partial charge in [-0.25, -0.2) is 0 Å². The third-order valence-corrected chi connectivity index (χ3v) is 4.59. The van der Waals surface area contributed by atoms with E-state index in [1.165, 1.54) is 6.42 Å². The van der Waals surface area contributed by atoms with Crippen molar-refractivity contribution < 1.29 is 0 Å². The van der Waals surface area contributed by atoms with Crippen LogP contribution >= 0.6 is 0 Å². The van der Waals surface area contributed by atoms with Gasteiger partial charge in [0.25, 0.3) is 0 Å². The van der Waals surface area contributed by atoms with Crippen molar-refractivity contribution in [3.8, 4) is 0 Å². The van der Waals surface area contributed by atoms with Crippen molar-refractivity contribution in [3.05, 3.63) is 0 Å². The van der Waals surface area contributed by atoms with E-state index in [9.17, 15) is 0 Å². The molecule has 0 aromatic carbocycles. The fraction of sp³-hybridized carbons (Fsp3) is 1.00. The maximum atomic E-state index is 2.49. The fourth-order valence-electron chi connectivity index (χ4n) is 4.19. The van der Waals surface area contributed by atoms with Gasteiger partial charge in [-0.3, -0.25) is 0 Å². The highest BCUT2D eigenvalue weighted by atomic mass is 14.7. The van der Waals surface area contributed by atoms with Gasteiger partial charge in [-0.1, -0.05) is 34.6 Å². The van der Waals surface area contributed by atoms with E-state index in [0.29, 0.717) is 0 Å². The minimum atomic E-state index is 0.885. The van der Waals surface area contributed by atoms with E-state index in [1.54, 1.807) is 6.42 Å². The molecule has 0 bridgehead atoms. The van der Waals surface area contributed by atoms with E-state index in [4.69, 9.17) is 0 Å². The van der Waals surface area contributed by atoms with Crippen LogP contribution in [-0.2, 0) is 0 Å². The smallest absolute Gasteiger partial charge is 0.0323 e. The zero-order valence-electron chi connectivity index (χ0n) is 10.5. The summed E-state index contributed by atoms with van der Waals surface area (Å²) in [5.74, 6) is 7.25. The molecular weight excluding hydrogens is 168 g/mol. The van der Waals surface area contributed by atoms with Gasteiger partial charge in [0.15, 0.2) is 0 Å². The summed E-state index contributed by atoms with van der Waals surface area (Å²) >= 11 is 0. The maximum absolute atomic E-state index is 2.49. The minimum absolute atomic E-state index is 0.885. The van der Waals surface area contributed by atoms with Crippen LogP contribution in [0.2, 0.25) is 0 Å². The third kappa shape index (κ3) is 1.61. The van der Waals surface area contributed by atoms with E-state index < -0.39 is 0 Å². The molecule has 82 valence electrons. The minimum Gasteiger partial charge on any atom is -0.0628 e. The monoisotopic (exact) mass is 194 g/mol. The predicted octanol–water partition coefficient (Wildman–Crippen LogP) is 4.21. The molecule has 2 rings (SSSR count). The summed E-state index contributed by atoms with van der Waals surface area (Å²) in [6.45, 7) is 12.1. The van der Waals surface area contributed by atoms with Crippen LogP contribution in [0.15, 0.2) is 0 Å². The van der Waals surface area contributed by atoms with E-state index >= 15 is 0 Å². The molecule has 2 aliphatic rings. The zero-order chi connectivity index (χ0) is 10.5. The van der Waals surface area contributed by atoms with E-state index in [-0.39, 0.29) is 0 Å². The van der Waals surface area contributed by atoms with Crippen molar-refractivity contribution in [1.29, 1.82) is 0 Å². The molecule has 0 saturated heterocycles. The Morgan fingerprint density at radius 1 is 0.929 bits per heavy atom. The van der Waals surface area contributed by atoms with Crippen LogP contribution in [0.25, 0.3) is 0 Å². The van der Waals surface area contributed by atoms with E-state index in [2.05, 4.69) is 34.6 Å². The van der Waals surface area contributed by atoms with Crippen LogP contribution < -0.4 is 0 Å². The molecule has 0 amide bonds. The van der Waals surface area contributed by atoms with Crippen molar-refractivity contribution >= 4 is 0 Å². The molecule has 0 aromatic rings. The maximum Gasteiger partial charge on any atom is -0.0323 e. The van der Waals surface area contributed by atoms with Gasteiger partial charge in [-0.2, -0.15) is 0 Å². The normalized spacial score (nSPS) is 42.2. The van der Waals surface area contributed by atoms with Gasteiger partial charge in [0.2, 0.25) is 0 Å².